The van der Waals surface area contributed by atoms with E-state index < -0.39 is 0 Å². The van der Waals surface area contributed by atoms with E-state index in [9.17, 15) is 0 Å². The fourth-order valence-corrected chi connectivity index (χ4v) is 1.60. The van der Waals surface area contributed by atoms with Gasteiger partial charge in [0.05, 0.1) is 6.61 Å². The molecule has 1 heterocycles. The van der Waals surface area contributed by atoms with Crippen molar-refractivity contribution in [2.75, 3.05) is 19.7 Å². The fraction of sp³-hybridized carbons (Fsp3) is 0.667. The van der Waals surface area contributed by atoms with Gasteiger partial charge in [0, 0.05) is 11.8 Å². The van der Waals surface area contributed by atoms with Crippen molar-refractivity contribution in [3.63, 3.8) is 0 Å². The molecule has 0 aliphatic carbocycles. The van der Waals surface area contributed by atoms with Crippen LogP contribution in [0.1, 0.15) is 45.7 Å². The van der Waals surface area contributed by atoms with Crippen LogP contribution in [-0.2, 0) is 0 Å². The molecule has 3 heteroatoms. The molecule has 0 bridgehead atoms. The maximum absolute atomic E-state index is 5.65. The smallest absolute Gasteiger partial charge is 0.213 e. The van der Waals surface area contributed by atoms with E-state index >= 15 is 0 Å². The van der Waals surface area contributed by atoms with Crippen LogP contribution >= 0.6 is 0 Å². The number of nitrogens with one attached hydrogen (secondary N) is 1. The molecule has 102 valence electrons. The van der Waals surface area contributed by atoms with Crippen LogP contribution in [0.15, 0.2) is 18.2 Å². The van der Waals surface area contributed by atoms with Gasteiger partial charge in [-0.2, -0.15) is 0 Å². The lowest BCUT2D eigenvalue weighted by atomic mass is 10.1. The Morgan fingerprint density at radius 2 is 2.00 bits per heavy atom. The molecule has 0 aromatic carbocycles. The normalized spacial score (nSPS) is 11.2. The molecule has 0 saturated heterocycles. The Labute approximate surface area is 111 Å². The number of hydrogen-bond donors (Lipinski definition) is 1. The molecular weight excluding hydrogens is 224 g/mol. The van der Waals surface area contributed by atoms with Gasteiger partial charge in [-0.25, -0.2) is 4.98 Å². The molecule has 0 spiro atoms. The first kappa shape index (κ1) is 15.0. The van der Waals surface area contributed by atoms with Gasteiger partial charge in [-0.15, -0.1) is 0 Å². The predicted octanol–water partition coefficient (Wildman–Crippen LogP) is 3.22. The number of aromatic nitrogens is 1. The van der Waals surface area contributed by atoms with Gasteiger partial charge >= 0.3 is 0 Å². The molecule has 0 unspecified atom stereocenters. The van der Waals surface area contributed by atoms with E-state index in [2.05, 4.69) is 38.0 Å². The summed E-state index contributed by atoms with van der Waals surface area (Å²) in [6.45, 7) is 11.5. The summed E-state index contributed by atoms with van der Waals surface area (Å²) in [5.74, 6) is 1.89. The molecule has 0 amide bonds. The van der Waals surface area contributed by atoms with E-state index in [4.69, 9.17) is 4.74 Å². The molecule has 0 radical (unpaired) electrons. The summed E-state index contributed by atoms with van der Waals surface area (Å²) < 4.78 is 5.65. The third-order valence-electron chi connectivity index (χ3n) is 2.64. The Morgan fingerprint density at radius 1 is 1.22 bits per heavy atom. The third-order valence-corrected chi connectivity index (χ3v) is 2.64. The van der Waals surface area contributed by atoms with Crippen LogP contribution in [0.5, 0.6) is 5.88 Å². The van der Waals surface area contributed by atoms with Crippen LogP contribution in [0.25, 0.3) is 0 Å². The third kappa shape index (κ3) is 6.01. The standard InChI is InChI=1S/C15H26N2O/c1-12(2)11-16-9-6-10-18-15-8-5-7-14(17-15)13(3)4/h5,7-8,12-13,16H,6,9-11H2,1-4H3. The first-order valence-electron chi connectivity index (χ1n) is 6.90. The predicted molar refractivity (Wildman–Crippen MR) is 76.1 cm³/mol. The Morgan fingerprint density at radius 3 is 2.67 bits per heavy atom. The van der Waals surface area contributed by atoms with Crippen LogP contribution in [0.2, 0.25) is 0 Å². The van der Waals surface area contributed by atoms with Crippen LogP contribution in [-0.4, -0.2) is 24.7 Å². The van der Waals surface area contributed by atoms with Gasteiger partial charge in [0.2, 0.25) is 5.88 Å². The Bertz CT molecular complexity index is 337. The first-order valence-corrected chi connectivity index (χ1v) is 6.90. The number of nitrogens with zero attached hydrogens (tertiary/aromatic N) is 1. The van der Waals surface area contributed by atoms with Crippen molar-refractivity contribution in [3.05, 3.63) is 23.9 Å². The summed E-state index contributed by atoms with van der Waals surface area (Å²) in [6.07, 6.45) is 1.01. The summed E-state index contributed by atoms with van der Waals surface area (Å²) in [7, 11) is 0. The maximum Gasteiger partial charge on any atom is 0.213 e. The van der Waals surface area contributed by atoms with Gasteiger partial charge in [0.1, 0.15) is 0 Å². The minimum Gasteiger partial charge on any atom is -0.478 e. The van der Waals surface area contributed by atoms with Gasteiger partial charge in [-0.3, -0.25) is 0 Å². The van der Waals surface area contributed by atoms with E-state index in [1.54, 1.807) is 0 Å². The first-order chi connectivity index (χ1) is 8.59. The van der Waals surface area contributed by atoms with Gasteiger partial charge in [-0.1, -0.05) is 33.8 Å². The van der Waals surface area contributed by atoms with Crippen LogP contribution in [0, 0.1) is 5.92 Å². The quantitative estimate of drug-likeness (QED) is 0.719. The highest BCUT2D eigenvalue weighted by Crippen LogP contribution is 2.15. The highest BCUT2D eigenvalue weighted by molar-refractivity contribution is 5.17. The average molecular weight is 250 g/mol. The molecule has 0 saturated carbocycles. The van der Waals surface area contributed by atoms with Crippen molar-refractivity contribution in [1.29, 1.82) is 0 Å². The molecule has 0 fully saturated rings. The molecule has 1 rings (SSSR count). The molecule has 0 atom stereocenters. The summed E-state index contributed by atoms with van der Waals surface area (Å²) in [6, 6.07) is 5.98. The molecule has 1 aromatic rings. The molecule has 1 N–H and O–H groups in total. The zero-order valence-electron chi connectivity index (χ0n) is 12.1. The Hall–Kier alpha value is -1.09. The lowest BCUT2D eigenvalue weighted by Gasteiger charge is -2.10. The molecule has 3 nitrogen and oxygen atoms in total. The largest absolute Gasteiger partial charge is 0.478 e. The van der Waals surface area contributed by atoms with E-state index in [1.807, 2.05) is 18.2 Å². The van der Waals surface area contributed by atoms with Crippen LogP contribution in [0.3, 0.4) is 0 Å². The number of ether oxygens (including phenoxy) is 1. The van der Waals surface area contributed by atoms with E-state index in [0.29, 0.717) is 11.8 Å². The lowest BCUT2D eigenvalue weighted by Crippen LogP contribution is -2.22. The van der Waals surface area contributed by atoms with Crippen LogP contribution in [0.4, 0.5) is 0 Å². The minimum atomic E-state index is 0.446. The van der Waals surface area contributed by atoms with Crippen LogP contribution < -0.4 is 10.1 Å². The van der Waals surface area contributed by atoms with Crippen molar-refractivity contribution >= 4 is 0 Å². The van der Waals surface area contributed by atoms with Gasteiger partial charge in [0.25, 0.3) is 0 Å². The molecule has 1 aromatic heterocycles. The molecular formula is C15H26N2O. The van der Waals surface area contributed by atoms with E-state index in [-0.39, 0.29) is 0 Å². The van der Waals surface area contributed by atoms with Gasteiger partial charge in [0.15, 0.2) is 0 Å². The summed E-state index contributed by atoms with van der Waals surface area (Å²) in [5, 5.41) is 3.40. The summed E-state index contributed by atoms with van der Waals surface area (Å²) in [5.41, 5.74) is 1.09. The number of hydrogen-bond acceptors (Lipinski definition) is 3. The Balaban J connectivity index is 2.21. The van der Waals surface area contributed by atoms with E-state index in [0.717, 1.165) is 37.7 Å². The zero-order valence-corrected chi connectivity index (χ0v) is 12.1. The average Bonchev–Trinajstić information content (AvgIpc) is 2.33. The zero-order chi connectivity index (χ0) is 13.4. The van der Waals surface area contributed by atoms with Gasteiger partial charge in [-0.05, 0) is 37.4 Å². The van der Waals surface area contributed by atoms with E-state index in [1.165, 1.54) is 0 Å². The lowest BCUT2D eigenvalue weighted by molar-refractivity contribution is 0.294. The SMILES string of the molecule is CC(C)CNCCCOc1cccc(C(C)C)n1. The summed E-state index contributed by atoms with van der Waals surface area (Å²) >= 11 is 0. The Kier molecular flexibility index (Phi) is 6.73. The van der Waals surface area contributed by atoms with Gasteiger partial charge < -0.3 is 10.1 Å². The maximum atomic E-state index is 5.65. The monoisotopic (exact) mass is 250 g/mol. The highest BCUT2D eigenvalue weighted by Gasteiger charge is 2.02. The van der Waals surface area contributed by atoms with Crippen molar-refractivity contribution in [2.24, 2.45) is 5.92 Å². The highest BCUT2D eigenvalue weighted by atomic mass is 16.5. The minimum absolute atomic E-state index is 0.446. The number of rotatable bonds is 8. The van der Waals surface area contributed by atoms with Crippen molar-refractivity contribution in [3.8, 4) is 5.88 Å². The second-order valence-electron chi connectivity index (χ2n) is 5.36. The number of pyridine rings is 1. The van der Waals surface area contributed by atoms with Crippen molar-refractivity contribution < 1.29 is 4.74 Å². The molecule has 18 heavy (non-hydrogen) atoms. The molecule has 0 aliphatic rings. The topological polar surface area (TPSA) is 34.1 Å². The second-order valence-corrected chi connectivity index (χ2v) is 5.36. The van der Waals surface area contributed by atoms with Crippen molar-refractivity contribution in [1.82, 2.24) is 10.3 Å². The molecule has 0 aliphatic heterocycles. The second kappa shape index (κ2) is 8.09. The fourth-order valence-electron chi connectivity index (χ4n) is 1.60. The summed E-state index contributed by atoms with van der Waals surface area (Å²) in [4.78, 5) is 4.48. The van der Waals surface area contributed by atoms with Crippen molar-refractivity contribution in [2.45, 2.75) is 40.0 Å².